The molecule has 0 spiro atoms. The second kappa shape index (κ2) is 7.99. The highest BCUT2D eigenvalue weighted by Crippen LogP contribution is 2.11. The van der Waals surface area contributed by atoms with Crippen molar-refractivity contribution in [3.8, 4) is 0 Å². The molecule has 0 unspecified atom stereocenters. The minimum atomic E-state index is -0.612. The molecule has 6 nitrogen and oxygen atoms in total. The molecule has 0 saturated carbocycles. The predicted molar refractivity (Wildman–Crippen MR) is 70.8 cm³/mol. The van der Waals surface area contributed by atoms with E-state index in [4.69, 9.17) is 9.47 Å². The van der Waals surface area contributed by atoms with Crippen molar-refractivity contribution in [1.82, 2.24) is 10.6 Å². The fraction of sp³-hybridized carbons (Fsp3) is 0.846. The molecule has 110 valence electrons. The minimum Gasteiger partial charge on any atom is -0.467 e. The molecule has 2 amide bonds. The molecule has 0 aromatic carbocycles. The molecular weight excluding hydrogens is 248 g/mol. The molecular formula is C13H24N2O4. The van der Waals surface area contributed by atoms with E-state index in [1.807, 2.05) is 13.8 Å². The Kier molecular flexibility index (Phi) is 6.62. The summed E-state index contributed by atoms with van der Waals surface area (Å²) >= 11 is 0. The van der Waals surface area contributed by atoms with Gasteiger partial charge in [-0.3, -0.25) is 0 Å². The van der Waals surface area contributed by atoms with Crippen LogP contribution in [0.4, 0.5) is 4.79 Å². The molecule has 3 atom stereocenters. The minimum absolute atomic E-state index is 0.0286. The van der Waals surface area contributed by atoms with Crippen LogP contribution < -0.4 is 10.6 Å². The predicted octanol–water partition coefficient (Wildman–Crippen LogP) is 1.05. The molecule has 1 aliphatic heterocycles. The average Bonchev–Trinajstić information content (AvgIpc) is 2.94. The fourth-order valence-corrected chi connectivity index (χ4v) is 2.00. The van der Waals surface area contributed by atoms with Crippen LogP contribution in [0, 0.1) is 5.92 Å². The van der Waals surface area contributed by atoms with E-state index >= 15 is 0 Å². The van der Waals surface area contributed by atoms with Crippen molar-refractivity contribution in [3.63, 3.8) is 0 Å². The summed E-state index contributed by atoms with van der Waals surface area (Å²) in [7, 11) is 1.32. The van der Waals surface area contributed by atoms with Crippen LogP contribution in [0.15, 0.2) is 0 Å². The van der Waals surface area contributed by atoms with Gasteiger partial charge in [0, 0.05) is 13.2 Å². The molecule has 1 aliphatic rings. The monoisotopic (exact) mass is 272 g/mol. The summed E-state index contributed by atoms with van der Waals surface area (Å²) in [5.41, 5.74) is 0. The summed E-state index contributed by atoms with van der Waals surface area (Å²) in [6.07, 6.45) is 2.87. The van der Waals surface area contributed by atoms with Crippen molar-refractivity contribution in [2.75, 3.05) is 20.3 Å². The number of carbonyl (C=O) groups is 2. The molecule has 0 aromatic heterocycles. The van der Waals surface area contributed by atoms with Crippen molar-refractivity contribution < 1.29 is 19.1 Å². The summed E-state index contributed by atoms with van der Waals surface area (Å²) in [4.78, 5) is 23.4. The zero-order valence-corrected chi connectivity index (χ0v) is 11.9. The van der Waals surface area contributed by atoms with Gasteiger partial charge in [-0.05, 0) is 18.8 Å². The number of hydrogen-bond donors (Lipinski definition) is 2. The molecule has 0 aromatic rings. The highest BCUT2D eigenvalue weighted by atomic mass is 16.5. The molecule has 6 heteroatoms. The van der Waals surface area contributed by atoms with E-state index in [9.17, 15) is 9.59 Å². The molecule has 1 heterocycles. The summed E-state index contributed by atoms with van der Waals surface area (Å²) in [5, 5.41) is 5.39. The van der Waals surface area contributed by atoms with Gasteiger partial charge in [0.05, 0.1) is 13.2 Å². The van der Waals surface area contributed by atoms with E-state index in [0.717, 1.165) is 25.9 Å². The summed E-state index contributed by atoms with van der Waals surface area (Å²) in [5.74, 6) is -0.387. The van der Waals surface area contributed by atoms with Gasteiger partial charge in [0.15, 0.2) is 0 Å². The Morgan fingerprint density at radius 1 is 1.47 bits per heavy atom. The second-order valence-electron chi connectivity index (χ2n) is 4.88. The zero-order chi connectivity index (χ0) is 14.3. The highest BCUT2D eigenvalue weighted by molar-refractivity contribution is 5.83. The van der Waals surface area contributed by atoms with E-state index in [2.05, 4.69) is 10.6 Å². The Labute approximate surface area is 114 Å². The Morgan fingerprint density at radius 3 is 2.74 bits per heavy atom. The number of carbonyl (C=O) groups excluding carboxylic acids is 2. The third-order valence-electron chi connectivity index (χ3n) is 3.47. The topological polar surface area (TPSA) is 76.7 Å². The van der Waals surface area contributed by atoms with Gasteiger partial charge in [-0.2, -0.15) is 0 Å². The summed E-state index contributed by atoms with van der Waals surface area (Å²) in [6, 6.07) is -0.967. The van der Waals surface area contributed by atoms with Crippen LogP contribution in [-0.2, 0) is 14.3 Å². The maximum absolute atomic E-state index is 11.8. The Balaban J connectivity index is 2.39. The molecule has 1 rings (SSSR count). The van der Waals surface area contributed by atoms with Gasteiger partial charge in [-0.1, -0.05) is 20.3 Å². The first-order valence-electron chi connectivity index (χ1n) is 6.82. The normalized spacial score (nSPS) is 21.5. The summed E-state index contributed by atoms with van der Waals surface area (Å²) in [6.45, 7) is 5.10. The lowest BCUT2D eigenvalue weighted by Crippen LogP contribution is -2.50. The van der Waals surface area contributed by atoms with Crippen molar-refractivity contribution in [2.45, 2.75) is 45.3 Å². The maximum Gasteiger partial charge on any atom is 0.328 e. The van der Waals surface area contributed by atoms with E-state index in [1.165, 1.54) is 7.11 Å². The van der Waals surface area contributed by atoms with Crippen LogP contribution in [0.25, 0.3) is 0 Å². The van der Waals surface area contributed by atoms with Crippen LogP contribution in [0.1, 0.15) is 33.1 Å². The Hall–Kier alpha value is -1.30. The van der Waals surface area contributed by atoms with Gasteiger partial charge in [0.2, 0.25) is 0 Å². The van der Waals surface area contributed by atoms with Crippen molar-refractivity contribution in [1.29, 1.82) is 0 Å². The highest BCUT2D eigenvalue weighted by Gasteiger charge is 2.27. The molecule has 0 aliphatic carbocycles. The van der Waals surface area contributed by atoms with Gasteiger partial charge in [0.1, 0.15) is 6.04 Å². The molecule has 1 saturated heterocycles. The van der Waals surface area contributed by atoms with Gasteiger partial charge < -0.3 is 20.1 Å². The first-order valence-corrected chi connectivity index (χ1v) is 6.82. The van der Waals surface area contributed by atoms with Crippen LogP contribution in [0.5, 0.6) is 0 Å². The number of ether oxygens (including phenoxy) is 2. The van der Waals surface area contributed by atoms with E-state index in [-0.39, 0.29) is 18.1 Å². The van der Waals surface area contributed by atoms with Crippen molar-refractivity contribution >= 4 is 12.0 Å². The van der Waals surface area contributed by atoms with Gasteiger partial charge in [-0.15, -0.1) is 0 Å². The number of amides is 2. The SMILES string of the molecule is CC[C@@H](C)[C@H](NC(=O)NC[C@@H]1CCCO1)C(=O)OC. The second-order valence-corrected chi connectivity index (χ2v) is 4.88. The molecule has 0 bridgehead atoms. The lowest BCUT2D eigenvalue weighted by Gasteiger charge is -2.22. The average molecular weight is 272 g/mol. The summed E-state index contributed by atoms with van der Waals surface area (Å²) < 4.78 is 10.1. The van der Waals surface area contributed by atoms with Crippen LogP contribution in [0.2, 0.25) is 0 Å². The van der Waals surface area contributed by atoms with E-state index in [0.29, 0.717) is 6.54 Å². The van der Waals surface area contributed by atoms with Crippen LogP contribution in [-0.4, -0.2) is 44.4 Å². The lowest BCUT2D eigenvalue weighted by atomic mass is 9.99. The van der Waals surface area contributed by atoms with Gasteiger partial charge in [0.25, 0.3) is 0 Å². The molecule has 1 fully saturated rings. The number of hydrogen-bond acceptors (Lipinski definition) is 4. The number of nitrogens with one attached hydrogen (secondary N) is 2. The van der Waals surface area contributed by atoms with Gasteiger partial charge >= 0.3 is 12.0 Å². The smallest absolute Gasteiger partial charge is 0.328 e. The van der Waals surface area contributed by atoms with Crippen molar-refractivity contribution in [3.05, 3.63) is 0 Å². The van der Waals surface area contributed by atoms with Crippen LogP contribution >= 0.6 is 0 Å². The third-order valence-corrected chi connectivity index (χ3v) is 3.47. The molecule has 19 heavy (non-hydrogen) atoms. The number of esters is 1. The first-order chi connectivity index (χ1) is 9.08. The van der Waals surface area contributed by atoms with Crippen LogP contribution in [0.3, 0.4) is 0 Å². The molecule has 2 N–H and O–H groups in total. The fourth-order valence-electron chi connectivity index (χ4n) is 2.00. The maximum atomic E-state index is 11.8. The van der Waals surface area contributed by atoms with E-state index in [1.54, 1.807) is 0 Å². The zero-order valence-electron chi connectivity index (χ0n) is 11.9. The molecule has 0 radical (unpaired) electrons. The van der Waals surface area contributed by atoms with Gasteiger partial charge in [-0.25, -0.2) is 9.59 Å². The largest absolute Gasteiger partial charge is 0.467 e. The third kappa shape index (κ3) is 5.06. The number of urea groups is 1. The Bertz CT molecular complexity index is 303. The van der Waals surface area contributed by atoms with Crippen molar-refractivity contribution in [2.24, 2.45) is 5.92 Å². The number of rotatable bonds is 6. The number of methoxy groups -OCH3 is 1. The first kappa shape index (κ1) is 15.8. The lowest BCUT2D eigenvalue weighted by molar-refractivity contribution is -0.144. The Morgan fingerprint density at radius 2 is 2.21 bits per heavy atom. The van der Waals surface area contributed by atoms with E-state index < -0.39 is 12.0 Å². The standard InChI is InChI=1S/C13H24N2O4/c1-4-9(2)11(12(16)18-3)15-13(17)14-8-10-6-5-7-19-10/h9-11H,4-8H2,1-3H3,(H2,14,15,17)/t9-,10+,11+/m1/s1. The quantitative estimate of drug-likeness (QED) is 0.709.